The molecule has 0 atom stereocenters. The van der Waals surface area contributed by atoms with Crippen LogP contribution >= 0.6 is 0 Å². The fourth-order valence-electron chi connectivity index (χ4n) is 2.59. The molecular formula is C16H24O2. The molecule has 1 aliphatic rings. The highest BCUT2D eigenvalue weighted by atomic mass is 16.5. The minimum Gasteiger partial charge on any atom is -0.504 e. The fourth-order valence-corrected chi connectivity index (χ4v) is 2.59. The summed E-state index contributed by atoms with van der Waals surface area (Å²) in [5.41, 5.74) is 0.895. The Morgan fingerprint density at radius 2 is 1.78 bits per heavy atom. The van der Waals surface area contributed by atoms with E-state index in [9.17, 15) is 5.11 Å². The summed E-state index contributed by atoms with van der Waals surface area (Å²) in [5, 5.41) is 10.3. The number of rotatable bonds is 2. The Balaban J connectivity index is 2.18. The van der Waals surface area contributed by atoms with E-state index < -0.39 is 0 Å². The quantitative estimate of drug-likeness (QED) is 0.840. The van der Waals surface area contributed by atoms with Crippen molar-refractivity contribution in [2.24, 2.45) is 0 Å². The monoisotopic (exact) mass is 248 g/mol. The molecule has 0 spiro atoms. The van der Waals surface area contributed by atoms with E-state index in [0.717, 1.165) is 18.4 Å². The molecule has 2 rings (SSSR count). The van der Waals surface area contributed by atoms with E-state index in [4.69, 9.17) is 4.74 Å². The topological polar surface area (TPSA) is 29.5 Å². The highest BCUT2D eigenvalue weighted by molar-refractivity contribution is 5.48. The van der Waals surface area contributed by atoms with Crippen LogP contribution in [0.15, 0.2) is 18.2 Å². The Kier molecular flexibility index (Phi) is 3.84. The van der Waals surface area contributed by atoms with Gasteiger partial charge in [0.2, 0.25) is 0 Å². The Morgan fingerprint density at radius 3 is 2.39 bits per heavy atom. The van der Waals surface area contributed by atoms with Gasteiger partial charge in [0.1, 0.15) is 0 Å². The molecule has 0 unspecified atom stereocenters. The lowest BCUT2D eigenvalue weighted by Gasteiger charge is -2.26. The van der Waals surface area contributed by atoms with E-state index in [-0.39, 0.29) is 11.5 Å². The summed E-state index contributed by atoms with van der Waals surface area (Å²) in [7, 11) is 0. The van der Waals surface area contributed by atoms with Gasteiger partial charge in [-0.3, -0.25) is 0 Å². The van der Waals surface area contributed by atoms with Crippen LogP contribution in [0.2, 0.25) is 0 Å². The van der Waals surface area contributed by atoms with Crippen LogP contribution in [0.25, 0.3) is 0 Å². The smallest absolute Gasteiger partial charge is 0.161 e. The van der Waals surface area contributed by atoms with Gasteiger partial charge < -0.3 is 9.84 Å². The van der Waals surface area contributed by atoms with Gasteiger partial charge >= 0.3 is 0 Å². The van der Waals surface area contributed by atoms with Crippen molar-refractivity contribution in [3.8, 4) is 11.5 Å². The molecule has 1 fully saturated rings. The Hall–Kier alpha value is -1.18. The van der Waals surface area contributed by atoms with Gasteiger partial charge in [-0.05, 0) is 37.2 Å². The summed E-state index contributed by atoms with van der Waals surface area (Å²) < 4.78 is 5.97. The van der Waals surface area contributed by atoms with Crippen molar-refractivity contribution in [2.75, 3.05) is 0 Å². The molecule has 100 valence electrons. The van der Waals surface area contributed by atoms with Gasteiger partial charge in [-0.1, -0.05) is 39.3 Å². The van der Waals surface area contributed by atoms with Gasteiger partial charge in [-0.25, -0.2) is 0 Å². The lowest BCUT2D eigenvalue weighted by molar-refractivity contribution is 0.149. The number of benzene rings is 1. The minimum absolute atomic E-state index is 0.0595. The summed E-state index contributed by atoms with van der Waals surface area (Å²) >= 11 is 0. The fraction of sp³-hybridized carbons (Fsp3) is 0.625. The second-order valence-electron chi connectivity index (χ2n) is 6.28. The van der Waals surface area contributed by atoms with Crippen LogP contribution in [0.5, 0.6) is 11.5 Å². The van der Waals surface area contributed by atoms with Crippen molar-refractivity contribution in [3.05, 3.63) is 23.8 Å². The van der Waals surface area contributed by atoms with Gasteiger partial charge in [-0.15, -0.1) is 0 Å². The van der Waals surface area contributed by atoms with Crippen LogP contribution < -0.4 is 4.74 Å². The van der Waals surface area contributed by atoms with E-state index in [2.05, 4.69) is 20.8 Å². The third-order valence-corrected chi connectivity index (χ3v) is 3.65. The summed E-state index contributed by atoms with van der Waals surface area (Å²) in [4.78, 5) is 0. The van der Waals surface area contributed by atoms with Crippen molar-refractivity contribution < 1.29 is 9.84 Å². The SMILES string of the molecule is CC(C)(C)c1cccc(OC2CCCCC2)c1O. The van der Waals surface area contributed by atoms with Gasteiger partial charge in [-0.2, -0.15) is 0 Å². The number of phenols is 1. The maximum absolute atomic E-state index is 10.3. The van der Waals surface area contributed by atoms with Crippen LogP contribution in [0.3, 0.4) is 0 Å². The lowest BCUT2D eigenvalue weighted by Crippen LogP contribution is -2.20. The van der Waals surface area contributed by atoms with Gasteiger partial charge in [0.15, 0.2) is 11.5 Å². The zero-order valence-electron chi connectivity index (χ0n) is 11.7. The van der Waals surface area contributed by atoms with Gasteiger partial charge in [0, 0.05) is 5.56 Å². The number of hydrogen-bond donors (Lipinski definition) is 1. The first kappa shape index (κ1) is 13.3. The molecule has 1 saturated carbocycles. The first-order valence-electron chi connectivity index (χ1n) is 6.97. The Morgan fingerprint density at radius 1 is 1.11 bits per heavy atom. The van der Waals surface area contributed by atoms with E-state index in [1.165, 1.54) is 19.3 Å². The molecule has 1 aliphatic carbocycles. The highest BCUT2D eigenvalue weighted by Crippen LogP contribution is 2.38. The zero-order chi connectivity index (χ0) is 13.2. The highest BCUT2D eigenvalue weighted by Gasteiger charge is 2.22. The van der Waals surface area contributed by atoms with E-state index in [1.807, 2.05) is 18.2 Å². The van der Waals surface area contributed by atoms with E-state index in [1.54, 1.807) is 0 Å². The molecule has 0 heterocycles. The number of phenolic OH excluding ortho intramolecular Hbond substituents is 1. The van der Waals surface area contributed by atoms with Gasteiger partial charge in [0.25, 0.3) is 0 Å². The molecule has 2 heteroatoms. The van der Waals surface area contributed by atoms with Crippen molar-refractivity contribution in [3.63, 3.8) is 0 Å². The van der Waals surface area contributed by atoms with Crippen LogP contribution in [0.1, 0.15) is 58.4 Å². The van der Waals surface area contributed by atoms with Crippen molar-refractivity contribution in [2.45, 2.75) is 64.4 Å². The van der Waals surface area contributed by atoms with Gasteiger partial charge in [0.05, 0.1) is 6.10 Å². The van der Waals surface area contributed by atoms with Crippen LogP contribution in [0, 0.1) is 0 Å². The first-order valence-corrected chi connectivity index (χ1v) is 6.97. The maximum Gasteiger partial charge on any atom is 0.161 e. The average Bonchev–Trinajstić information content (AvgIpc) is 2.32. The first-order chi connectivity index (χ1) is 8.48. The third-order valence-electron chi connectivity index (χ3n) is 3.65. The molecule has 0 bridgehead atoms. The standard InChI is InChI=1S/C16H24O2/c1-16(2,3)13-10-7-11-14(15(13)17)18-12-8-5-4-6-9-12/h7,10-12,17H,4-6,8-9H2,1-3H3. The second-order valence-corrected chi connectivity index (χ2v) is 6.28. The molecule has 1 aromatic rings. The normalized spacial score (nSPS) is 17.7. The summed E-state index contributed by atoms with van der Waals surface area (Å²) in [6.07, 6.45) is 6.29. The Bertz CT molecular complexity index is 398. The van der Waals surface area contributed by atoms with Crippen LogP contribution in [-0.2, 0) is 5.41 Å². The minimum atomic E-state index is -0.0595. The molecule has 2 nitrogen and oxygen atoms in total. The lowest BCUT2D eigenvalue weighted by atomic mass is 9.86. The zero-order valence-corrected chi connectivity index (χ0v) is 11.7. The largest absolute Gasteiger partial charge is 0.504 e. The number of hydrogen-bond acceptors (Lipinski definition) is 2. The summed E-state index contributed by atoms with van der Waals surface area (Å²) in [6.45, 7) is 6.31. The number of ether oxygens (including phenoxy) is 1. The Labute approximate surface area is 110 Å². The maximum atomic E-state index is 10.3. The molecule has 0 aromatic heterocycles. The van der Waals surface area contributed by atoms with Crippen molar-refractivity contribution in [1.82, 2.24) is 0 Å². The summed E-state index contributed by atoms with van der Waals surface area (Å²) in [5.74, 6) is 0.963. The number of aromatic hydroxyl groups is 1. The predicted molar refractivity (Wildman–Crippen MR) is 74.3 cm³/mol. The molecule has 0 amide bonds. The van der Waals surface area contributed by atoms with Crippen LogP contribution in [0.4, 0.5) is 0 Å². The molecule has 0 aliphatic heterocycles. The van der Waals surface area contributed by atoms with Crippen LogP contribution in [-0.4, -0.2) is 11.2 Å². The molecular weight excluding hydrogens is 224 g/mol. The average molecular weight is 248 g/mol. The molecule has 0 radical (unpaired) electrons. The molecule has 1 aromatic carbocycles. The van der Waals surface area contributed by atoms with E-state index in [0.29, 0.717) is 11.5 Å². The molecule has 1 N–H and O–H groups in total. The molecule has 0 saturated heterocycles. The van der Waals surface area contributed by atoms with Crippen molar-refractivity contribution in [1.29, 1.82) is 0 Å². The molecule has 18 heavy (non-hydrogen) atoms. The number of para-hydroxylation sites is 1. The predicted octanol–water partition coefficient (Wildman–Crippen LogP) is 4.40. The van der Waals surface area contributed by atoms with E-state index >= 15 is 0 Å². The second kappa shape index (κ2) is 5.21. The van der Waals surface area contributed by atoms with Crippen molar-refractivity contribution >= 4 is 0 Å². The summed E-state index contributed by atoms with van der Waals surface area (Å²) in [6, 6.07) is 5.82. The third kappa shape index (κ3) is 2.98.